The fraction of sp³-hybridized carbons (Fsp3) is 0.136. The molecule has 1 amide bonds. The number of carbonyl (C=O) groups excluding carboxylic acids is 2. The zero-order chi connectivity index (χ0) is 19.9. The van der Waals surface area contributed by atoms with Crippen LogP contribution in [0, 0.1) is 5.82 Å². The van der Waals surface area contributed by atoms with E-state index in [9.17, 15) is 14.0 Å². The second kappa shape index (κ2) is 8.90. The van der Waals surface area contributed by atoms with E-state index in [4.69, 9.17) is 0 Å². The third-order valence-corrected chi connectivity index (χ3v) is 4.20. The van der Waals surface area contributed by atoms with Crippen LogP contribution in [0.2, 0.25) is 0 Å². The fourth-order valence-electron chi connectivity index (χ4n) is 2.72. The van der Waals surface area contributed by atoms with E-state index >= 15 is 0 Å². The summed E-state index contributed by atoms with van der Waals surface area (Å²) >= 11 is 0. The van der Waals surface area contributed by atoms with Crippen LogP contribution in [0.5, 0.6) is 0 Å². The standard InChI is InChI=1S/C22H20FN3O2/c1-15(27)17-6-4-7-19(13-17)26-21-14-18(10-11-24-21)22(28)25-12-9-16-5-2-3-8-20(16)23/h2-8,10-11,13-14H,9,12H2,1H3,(H,24,26)(H,25,28). The topological polar surface area (TPSA) is 71.1 Å². The summed E-state index contributed by atoms with van der Waals surface area (Å²) in [6, 6.07) is 16.8. The summed E-state index contributed by atoms with van der Waals surface area (Å²) in [5.74, 6) is -0.0822. The minimum absolute atomic E-state index is 0.0282. The van der Waals surface area contributed by atoms with Crippen molar-refractivity contribution < 1.29 is 14.0 Å². The number of carbonyl (C=O) groups is 2. The van der Waals surface area contributed by atoms with Gasteiger partial charge in [-0.25, -0.2) is 9.37 Å². The van der Waals surface area contributed by atoms with E-state index in [0.717, 1.165) is 0 Å². The van der Waals surface area contributed by atoms with Crippen molar-refractivity contribution in [2.24, 2.45) is 0 Å². The highest BCUT2D eigenvalue weighted by atomic mass is 19.1. The first-order chi connectivity index (χ1) is 13.5. The number of rotatable bonds is 7. The molecule has 0 spiro atoms. The Morgan fingerprint density at radius 2 is 1.82 bits per heavy atom. The Morgan fingerprint density at radius 1 is 1.00 bits per heavy atom. The normalized spacial score (nSPS) is 10.4. The number of anilines is 2. The zero-order valence-electron chi connectivity index (χ0n) is 15.4. The lowest BCUT2D eigenvalue weighted by Crippen LogP contribution is -2.26. The molecule has 142 valence electrons. The van der Waals surface area contributed by atoms with E-state index in [1.165, 1.54) is 19.2 Å². The van der Waals surface area contributed by atoms with Gasteiger partial charge in [0.05, 0.1) is 0 Å². The first-order valence-corrected chi connectivity index (χ1v) is 8.88. The molecule has 0 aliphatic rings. The van der Waals surface area contributed by atoms with Crippen LogP contribution in [0.1, 0.15) is 33.2 Å². The van der Waals surface area contributed by atoms with Crippen molar-refractivity contribution in [3.8, 4) is 0 Å². The Balaban J connectivity index is 1.62. The molecule has 0 saturated heterocycles. The minimum Gasteiger partial charge on any atom is -0.352 e. The first kappa shape index (κ1) is 19.2. The third-order valence-electron chi connectivity index (χ3n) is 4.20. The second-order valence-corrected chi connectivity index (χ2v) is 6.29. The van der Waals surface area contributed by atoms with Crippen molar-refractivity contribution in [3.63, 3.8) is 0 Å². The van der Waals surface area contributed by atoms with Crippen LogP contribution in [-0.4, -0.2) is 23.2 Å². The number of aromatic nitrogens is 1. The Hall–Kier alpha value is -3.54. The summed E-state index contributed by atoms with van der Waals surface area (Å²) in [4.78, 5) is 28.1. The van der Waals surface area contributed by atoms with Gasteiger partial charge in [0.1, 0.15) is 11.6 Å². The average Bonchev–Trinajstić information content (AvgIpc) is 2.70. The van der Waals surface area contributed by atoms with E-state index in [-0.39, 0.29) is 17.5 Å². The van der Waals surface area contributed by atoms with Gasteiger partial charge in [-0.1, -0.05) is 30.3 Å². The lowest BCUT2D eigenvalue weighted by molar-refractivity contribution is 0.0953. The number of halogens is 1. The van der Waals surface area contributed by atoms with E-state index in [1.807, 2.05) is 6.07 Å². The van der Waals surface area contributed by atoms with Crippen LogP contribution in [0.4, 0.5) is 15.9 Å². The van der Waals surface area contributed by atoms with Crippen LogP contribution in [0.3, 0.4) is 0 Å². The number of hydrogen-bond donors (Lipinski definition) is 2. The van der Waals surface area contributed by atoms with Crippen molar-refractivity contribution in [1.29, 1.82) is 0 Å². The van der Waals surface area contributed by atoms with Crippen LogP contribution in [-0.2, 0) is 6.42 Å². The number of nitrogens with one attached hydrogen (secondary N) is 2. The van der Waals surface area contributed by atoms with Gasteiger partial charge in [0.25, 0.3) is 5.91 Å². The number of ketones is 1. The molecule has 28 heavy (non-hydrogen) atoms. The maximum absolute atomic E-state index is 13.6. The largest absolute Gasteiger partial charge is 0.352 e. The molecule has 0 atom stereocenters. The lowest BCUT2D eigenvalue weighted by Gasteiger charge is -2.09. The molecule has 0 aliphatic heterocycles. The predicted molar refractivity (Wildman–Crippen MR) is 106 cm³/mol. The van der Waals surface area contributed by atoms with Gasteiger partial charge in [-0.3, -0.25) is 9.59 Å². The summed E-state index contributed by atoms with van der Waals surface area (Å²) < 4.78 is 13.6. The summed E-state index contributed by atoms with van der Waals surface area (Å²) in [5, 5.41) is 5.87. The lowest BCUT2D eigenvalue weighted by atomic mass is 10.1. The minimum atomic E-state index is -0.278. The highest BCUT2D eigenvalue weighted by molar-refractivity contribution is 5.96. The van der Waals surface area contributed by atoms with Crippen molar-refractivity contribution in [2.75, 3.05) is 11.9 Å². The van der Waals surface area contributed by atoms with Gasteiger partial charge in [0.15, 0.2) is 5.78 Å². The number of Topliss-reactive ketones (excluding diaryl/α,β-unsaturated/α-hetero) is 1. The quantitative estimate of drug-likeness (QED) is 0.607. The molecule has 0 bridgehead atoms. The van der Waals surface area contributed by atoms with Crippen LogP contribution in [0.15, 0.2) is 66.9 Å². The molecule has 6 heteroatoms. The molecule has 1 heterocycles. The molecular formula is C22H20FN3O2. The Morgan fingerprint density at radius 3 is 2.61 bits per heavy atom. The van der Waals surface area contributed by atoms with Gasteiger partial charge < -0.3 is 10.6 Å². The fourth-order valence-corrected chi connectivity index (χ4v) is 2.72. The van der Waals surface area contributed by atoms with Crippen molar-refractivity contribution in [3.05, 3.63) is 89.4 Å². The van der Waals surface area contributed by atoms with Gasteiger partial charge in [0.2, 0.25) is 0 Å². The van der Waals surface area contributed by atoms with Crippen molar-refractivity contribution in [2.45, 2.75) is 13.3 Å². The van der Waals surface area contributed by atoms with Gasteiger partial charge in [-0.05, 0) is 49.2 Å². The molecule has 2 N–H and O–H groups in total. The van der Waals surface area contributed by atoms with Crippen molar-refractivity contribution in [1.82, 2.24) is 10.3 Å². The molecule has 0 aliphatic carbocycles. The highest BCUT2D eigenvalue weighted by Gasteiger charge is 2.08. The summed E-state index contributed by atoms with van der Waals surface area (Å²) in [6.45, 7) is 1.83. The monoisotopic (exact) mass is 377 g/mol. The van der Waals surface area contributed by atoms with Crippen LogP contribution < -0.4 is 10.6 Å². The molecule has 3 rings (SSSR count). The van der Waals surface area contributed by atoms with Gasteiger partial charge >= 0.3 is 0 Å². The van der Waals surface area contributed by atoms with E-state index in [1.54, 1.807) is 48.5 Å². The average molecular weight is 377 g/mol. The van der Waals surface area contributed by atoms with Crippen LogP contribution >= 0.6 is 0 Å². The Bertz CT molecular complexity index is 1000. The summed E-state index contributed by atoms with van der Waals surface area (Å²) in [7, 11) is 0. The Kier molecular flexibility index (Phi) is 6.11. The Labute approximate surface area is 162 Å². The number of amides is 1. The molecule has 0 fully saturated rings. The van der Waals surface area contributed by atoms with Crippen molar-refractivity contribution >= 4 is 23.2 Å². The van der Waals surface area contributed by atoms with E-state index in [2.05, 4.69) is 15.6 Å². The van der Waals surface area contributed by atoms with E-state index < -0.39 is 0 Å². The first-order valence-electron chi connectivity index (χ1n) is 8.88. The zero-order valence-corrected chi connectivity index (χ0v) is 15.4. The second-order valence-electron chi connectivity index (χ2n) is 6.29. The van der Waals surface area contributed by atoms with E-state index in [0.29, 0.717) is 41.2 Å². The van der Waals surface area contributed by atoms with Gasteiger partial charge in [-0.15, -0.1) is 0 Å². The SMILES string of the molecule is CC(=O)c1cccc(Nc2cc(C(=O)NCCc3ccccc3F)ccn2)c1. The highest BCUT2D eigenvalue weighted by Crippen LogP contribution is 2.17. The number of pyridine rings is 1. The molecule has 3 aromatic rings. The van der Waals surface area contributed by atoms with Gasteiger partial charge in [0, 0.05) is 29.6 Å². The van der Waals surface area contributed by atoms with Crippen LogP contribution in [0.25, 0.3) is 0 Å². The molecule has 0 unspecified atom stereocenters. The number of benzene rings is 2. The van der Waals surface area contributed by atoms with Gasteiger partial charge in [-0.2, -0.15) is 0 Å². The molecule has 0 saturated carbocycles. The third kappa shape index (κ3) is 5.01. The molecule has 1 aromatic heterocycles. The molecule has 2 aromatic carbocycles. The maximum atomic E-state index is 13.6. The number of hydrogen-bond acceptors (Lipinski definition) is 4. The summed E-state index contributed by atoms with van der Waals surface area (Å²) in [6.07, 6.45) is 1.94. The predicted octanol–water partition coefficient (Wildman–Crippen LogP) is 4.14. The number of nitrogens with zero attached hydrogens (tertiary/aromatic N) is 1. The molecule has 5 nitrogen and oxygen atoms in total. The molecular weight excluding hydrogens is 357 g/mol. The summed E-state index contributed by atoms with van der Waals surface area (Å²) in [5.41, 5.74) is 2.29. The smallest absolute Gasteiger partial charge is 0.251 e. The maximum Gasteiger partial charge on any atom is 0.251 e. The molecule has 0 radical (unpaired) electrons.